The summed E-state index contributed by atoms with van der Waals surface area (Å²) in [5.41, 5.74) is 0.505. The largest absolute Gasteiger partial charge is 0.330 e. The highest BCUT2D eigenvalue weighted by atomic mass is 16.2. The summed E-state index contributed by atoms with van der Waals surface area (Å²) in [7, 11) is 0. The van der Waals surface area contributed by atoms with Crippen LogP contribution in [-0.2, 0) is 29.8 Å². The molecule has 3 aromatic rings. The van der Waals surface area contributed by atoms with Gasteiger partial charge in [0.15, 0.2) is 11.2 Å². The van der Waals surface area contributed by atoms with E-state index < -0.39 is 11.2 Å². The fraction of sp³-hybridized carbons (Fsp3) is 0.640. The van der Waals surface area contributed by atoms with Crippen LogP contribution in [-0.4, -0.2) is 34.8 Å². The van der Waals surface area contributed by atoms with E-state index in [2.05, 4.69) is 29.2 Å². The lowest BCUT2D eigenvalue weighted by molar-refractivity contribution is -0.116. The number of amides is 1. The summed E-state index contributed by atoms with van der Waals surface area (Å²) in [5.74, 6) is 1.15. The second-order valence-electron chi connectivity index (χ2n) is 10.1. The fourth-order valence-corrected chi connectivity index (χ4v) is 4.22. The third-order valence-corrected chi connectivity index (χ3v) is 6.00. The van der Waals surface area contributed by atoms with Crippen molar-refractivity contribution < 1.29 is 4.79 Å². The SMILES string of the molecule is CCCCCn1c(CCC(=O)Nc2cc(C)nn2C(C)(C)C)nc2c1c(=O)[nH]c(=O)n2CCCC. The maximum atomic E-state index is 12.9. The van der Waals surface area contributed by atoms with Crippen LogP contribution < -0.4 is 16.6 Å². The number of carbonyl (C=O) groups is 1. The van der Waals surface area contributed by atoms with E-state index in [4.69, 9.17) is 4.98 Å². The number of rotatable bonds is 11. The van der Waals surface area contributed by atoms with Gasteiger partial charge in [0.05, 0.1) is 11.2 Å². The third-order valence-electron chi connectivity index (χ3n) is 6.00. The van der Waals surface area contributed by atoms with Gasteiger partial charge in [0.2, 0.25) is 5.91 Å². The van der Waals surface area contributed by atoms with E-state index in [0.717, 1.165) is 37.8 Å². The van der Waals surface area contributed by atoms with Gasteiger partial charge < -0.3 is 9.88 Å². The number of imidazole rings is 1. The summed E-state index contributed by atoms with van der Waals surface area (Å²) in [4.78, 5) is 45.3. The molecule has 0 radical (unpaired) electrons. The van der Waals surface area contributed by atoms with Crippen molar-refractivity contribution in [2.24, 2.45) is 0 Å². The Morgan fingerprint density at radius 2 is 1.74 bits per heavy atom. The molecule has 3 rings (SSSR count). The van der Waals surface area contributed by atoms with Crippen molar-refractivity contribution in [1.82, 2.24) is 28.9 Å². The number of H-pyrrole nitrogens is 1. The average molecular weight is 486 g/mol. The highest BCUT2D eigenvalue weighted by molar-refractivity contribution is 5.90. The van der Waals surface area contributed by atoms with Crippen LogP contribution in [0, 0.1) is 6.92 Å². The molecule has 1 amide bonds. The lowest BCUT2D eigenvalue weighted by Crippen LogP contribution is -2.31. The molecule has 0 unspecified atom stereocenters. The third kappa shape index (κ3) is 6.10. The van der Waals surface area contributed by atoms with Crippen molar-refractivity contribution in [2.75, 3.05) is 5.32 Å². The summed E-state index contributed by atoms with van der Waals surface area (Å²) in [5, 5.41) is 7.48. The first kappa shape index (κ1) is 26.4. The van der Waals surface area contributed by atoms with Gasteiger partial charge in [-0.15, -0.1) is 0 Å². The minimum Gasteiger partial charge on any atom is -0.322 e. The molecule has 0 atom stereocenters. The number of unbranched alkanes of at least 4 members (excludes halogenated alkanes) is 3. The predicted molar refractivity (Wildman–Crippen MR) is 138 cm³/mol. The van der Waals surface area contributed by atoms with Crippen molar-refractivity contribution in [3.05, 3.63) is 38.4 Å². The molecule has 0 aromatic carbocycles. The van der Waals surface area contributed by atoms with Gasteiger partial charge in [-0.1, -0.05) is 33.1 Å². The van der Waals surface area contributed by atoms with Crippen LogP contribution in [0.25, 0.3) is 11.2 Å². The molecule has 0 bridgehead atoms. The van der Waals surface area contributed by atoms with E-state index in [1.54, 1.807) is 4.57 Å². The summed E-state index contributed by atoms with van der Waals surface area (Å²) in [6.45, 7) is 13.3. The monoisotopic (exact) mass is 485 g/mol. The Balaban J connectivity index is 1.91. The number of hydrogen-bond acceptors (Lipinski definition) is 5. The summed E-state index contributed by atoms with van der Waals surface area (Å²) < 4.78 is 5.25. The van der Waals surface area contributed by atoms with E-state index in [0.29, 0.717) is 42.3 Å². The number of nitrogens with one attached hydrogen (secondary N) is 2. The molecule has 10 nitrogen and oxygen atoms in total. The first-order chi connectivity index (χ1) is 16.6. The van der Waals surface area contributed by atoms with Gasteiger partial charge in [-0.05, 0) is 40.5 Å². The Morgan fingerprint density at radius 1 is 1.06 bits per heavy atom. The number of nitrogens with zero attached hydrogens (tertiary/aromatic N) is 5. The van der Waals surface area contributed by atoms with Crippen LogP contribution >= 0.6 is 0 Å². The lowest BCUT2D eigenvalue weighted by Gasteiger charge is -2.22. The molecule has 2 N–H and O–H groups in total. The number of anilines is 1. The molecule has 0 fully saturated rings. The van der Waals surface area contributed by atoms with Gasteiger partial charge in [-0.2, -0.15) is 5.10 Å². The molecule has 3 heterocycles. The van der Waals surface area contributed by atoms with Crippen molar-refractivity contribution in [3.63, 3.8) is 0 Å². The number of aromatic nitrogens is 6. The molecule has 0 aliphatic carbocycles. The highest BCUT2D eigenvalue weighted by Gasteiger charge is 2.22. The topological polar surface area (TPSA) is 120 Å². The zero-order valence-electron chi connectivity index (χ0n) is 21.9. The van der Waals surface area contributed by atoms with Gasteiger partial charge in [0.25, 0.3) is 5.56 Å². The summed E-state index contributed by atoms with van der Waals surface area (Å²) in [6, 6.07) is 1.86. The maximum absolute atomic E-state index is 12.9. The average Bonchev–Trinajstić information content (AvgIpc) is 3.33. The van der Waals surface area contributed by atoms with E-state index in [1.165, 1.54) is 0 Å². The minimum atomic E-state index is -0.440. The molecular formula is C25H39N7O3. The van der Waals surface area contributed by atoms with Crippen LogP contribution in [0.4, 0.5) is 5.82 Å². The van der Waals surface area contributed by atoms with Crippen LogP contribution in [0.15, 0.2) is 15.7 Å². The van der Waals surface area contributed by atoms with E-state index in [1.807, 2.05) is 43.0 Å². The number of hydrogen-bond donors (Lipinski definition) is 2. The molecular weight excluding hydrogens is 446 g/mol. The second kappa shape index (κ2) is 11.0. The molecule has 0 aliphatic rings. The maximum Gasteiger partial charge on any atom is 0.330 e. The van der Waals surface area contributed by atoms with Crippen molar-refractivity contribution in [2.45, 2.75) is 105 Å². The zero-order valence-corrected chi connectivity index (χ0v) is 21.9. The molecule has 0 saturated heterocycles. The highest BCUT2D eigenvalue weighted by Crippen LogP contribution is 2.22. The van der Waals surface area contributed by atoms with Crippen molar-refractivity contribution >= 4 is 22.9 Å². The Morgan fingerprint density at radius 3 is 2.40 bits per heavy atom. The van der Waals surface area contributed by atoms with Crippen LogP contribution in [0.5, 0.6) is 0 Å². The normalized spacial score (nSPS) is 11.9. The Kier molecular flexibility index (Phi) is 8.34. The summed E-state index contributed by atoms with van der Waals surface area (Å²) in [6.07, 6.45) is 5.23. The quantitative estimate of drug-likeness (QED) is 0.401. The molecule has 3 aromatic heterocycles. The lowest BCUT2D eigenvalue weighted by atomic mass is 10.1. The number of carbonyl (C=O) groups excluding carboxylic acids is 1. The zero-order chi connectivity index (χ0) is 25.8. The first-order valence-corrected chi connectivity index (χ1v) is 12.7. The Bertz CT molecular complexity index is 1290. The van der Waals surface area contributed by atoms with Gasteiger partial charge in [0, 0.05) is 32.0 Å². The number of aromatic amines is 1. The van der Waals surface area contributed by atoms with Gasteiger partial charge in [-0.3, -0.25) is 19.1 Å². The smallest absolute Gasteiger partial charge is 0.322 e. The molecule has 35 heavy (non-hydrogen) atoms. The van der Waals surface area contributed by atoms with Gasteiger partial charge in [0.1, 0.15) is 11.6 Å². The molecule has 10 heteroatoms. The van der Waals surface area contributed by atoms with E-state index >= 15 is 0 Å². The predicted octanol–water partition coefficient (Wildman–Crippen LogP) is 3.71. The molecule has 0 aliphatic heterocycles. The van der Waals surface area contributed by atoms with Crippen molar-refractivity contribution in [3.8, 4) is 0 Å². The fourth-order valence-electron chi connectivity index (χ4n) is 4.22. The second-order valence-corrected chi connectivity index (χ2v) is 10.1. The standard InChI is InChI=1S/C25H39N7O3/c1-7-9-11-15-30-18(27-22-21(30)23(34)28-24(35)31(22)14-10-8-2)12-13-20(33)26-19-16-17(3)29-32(19)25(4,5)6/h16H,7-15H2,1-6H3,(H,26,33)(H,28,34,35). The Labute approximate surface area is 205 Å². The molecule has 192 valence electrons. The van der Waals surface area contributed by atoms with Gasteiger partial charge in [-0.25, -0.2) is 14.5 Å². The molecule has 0 saturated carbocycles. The summed E-state index contributed by atoms with van der Waals surface area (Å²) >= 11 is 0. The van der Waals surface area contributed by atoms with Crippen LogP contribution in [0.3, 0.4) is 0 Å². The molecule has 0 spiro atoms. The van der Waals surface area contributed by atoms with Crippen molar-refractivity contribution in [1.29, 1.82) is 0 Å². The van der Waals surface area contributed by atoms with Crippen LogP contribution in [0.2, 0.25) is 0 Å². The number of fused-ring (bicyclic) bond motifs is 1. The van der Waals surface area contributed by atoms with Crippen LogP contribution in [0.1, 0.15) is 84.7 Å². The first-order valence-electron chi connectivity index (χ1n) is 12.7. The van der Waals surface area contributed by atoms with E-state index in [9.17, 15) is 14.4 Å². The van der Waals surface area contributed by atoms with Gasteiger partial charge >= 0.3 is 5.69 Å². The Hall–Kier alpha value is -3.17. The van der Waals surface area contributed by atoms with E-state index in [-0.39, 0.29) is 17.9 Å². The number of aryl methyl sites for hydroxylation is 4. The minimum absolute atomic E-state index is 0.153.